The highest BCUT2D eigenvalue weighted by Crippen LogP contribution is 2.52. The molecular formula is C13H17N5. The highest BCUT2D eigenvalue weighted by Gasteiger charge is 2.54. The minimum Gasteiger partial charge on any atom is -0.354 e. The van der Waals surface area contributed by atoms with Gasteiger partial charge in [0.25, 0.3) is 0 Å². The Morgan fingerprint density at radius 3 is 3.11 bits per heavy atom. The third kappa shape index (κ3) is 1.31. The van der Waals surface area contributed by atoms with E-state index in [1.165, 1.54) is 12.8 Å². The maximum absolute atomic E-state index is 4.48. The zero-order valence-corrected chi connectivity index (χ0v) is 10.5. The fourth-order valence-electron chi connectivity index (χ4n) is 3.30. The van der Waals surface area contributed by atoms with Gasteiger partial charge in [0.05, 0.1) is 5.39 Å². The van der Waals surface area contributed by atoms with Crippen molar-refractivity contribution in [2.24, 2.45) is 5.41 Å². The summed E-state index contributed by atoms with van der Waals surface area (Å²) in [6, 6.07) is 2.62. The van der Waals surface area contributed by atoms with E-state index in [0.717, 1.165) is 29.9 Å². The van der Waals surface area contributed by atoms with E-state index in [1.54, 1.807) is 6.33 Å². The Kier molecular flexibility index (Phi) is 1.97. The number of aromatic nitrogens is 3. The van der Waals surface area contributed by atoms with Crippen LogP contribution in [0.4, 0.5) is 5.82 Å². The lowest BCUT2D eigenvalue weighted by Crippen LogP contribution is -2.39. The zero-order valence-electron chi connectivity index (χ0n) is 10.5. The van der Waals surface area contributed by atoms with Crippen molar-refractivity contribution in [2.75, 3.05) is 25.0 Å². The van der Waals surface area contributed by atoms with Crippen molar-refractivity contribution in [3.8, 4) is 0 Å². The predicted molar refractivity (Wildman–Crippen MR) is 70.6 cm³/mol. The number of likely N-dealkylation sites (N-methyl/N-ethyl adjacent to an activating group) is 1. The van der Waals surface area contributed by atoms with E-state index in [4.69, 9.17) is 0 Å². The first-order chi connectivity index (χ1) is 8.80. The summed E-state index contributed by atoms with van der Waals surface area (Å²) >= 11 is 0. The van der Waals surface area contributed by atoms with Gasteiger partial charge in [0, 0.05) is 37.8 Å². The van der Waals surface area contributed by atoms with Gasteiger partial charge < -0.3 is 15.2 Å². The number of aromatic amines is 1. The fourth-order valence-corrected chi connectivity index (χ4v) is 3.30. The van der Waals surface area contributed by atoms with Crippen LogP contribution in [0.5, 0.6) is 0 Å². The molecule has 1 atom stereocenters. The van der Waals surface area contributed by atoms with Gasteiger partial charge in [0.15, 0.2) is 0 Å². The Balaban J connectivity index is 1.76. The summed E-state index contributed by atoms with van der Waals surface area (Å²) in [5.41, 5.74) is 1.42. The molecule has 1 spiro atoms. The number of rotatable bonds is 2. The molecule has 2 fully saturated rings. The van der Waals surface area contributed by atoms with E-state index in [9.17, 15) is 0 Å². The second kappa shape index (κ2) is 3.45. The maximum Gasteiger partial charge on any atom is 0.142 e. The molecule has 1 aliphatic heterocycles. The second-order valence-corrected chi connectivity index (χ2v) is 5.56. The van der Waals surface area contributed by atoms with Gasteiger partial charge in [-0.25, -0.2) is 9.97 Å². The van der Waals surface area contributed by atoms with Gasteiger partial charge in [0.2, 0.25) is 0 Å². The lowest BCUT2D eigenvalue weighted by atomic mass is 9.99. The molecular weight excluding hydrogens is 226 g/mol. The average molecular weight is 243 g/mol. The molecule has 0 amide bonds. The normalized spacial score (nSPS) is 24.8. The zero-order chi connectivity index (χ0) is 12.2. The van der Waals surface area contributed by atoms with Crippen LogP contribution in [0.15, 0.2) is 18.6 Å². The molecule has 2 aliphatic rings. The van der Waals surface area contributed by atoms with Gasteiger partial charge in [-0.05, 0) is 18.9 Å². The van der Waals surface area contributed by atoms with Gasteiger partial charge in [-0.2, -0.15) is 0 Å². The van der Waals surface area contributed by atoms with E-state index in [-0.39, 0.29) is 0 Å². The summed E-state index contributed by atoms with van der Waals surface area (Å²) in [5.74, 6) is 1.04. The summed E-state index contributed by atoms with van der Waals surface area (Å²) in [7, 11) is 2.16. The molecule has 4 rings (SSSR count). The molecule has 5 nitrogen and oxygen atoms in total. The van der Waals surface area contributed by atoms with E-state index in [1.807, 2.05) is 6.20 Å². The predicted octanol–water partition coefficient (Wildman–Crippen LogP) is 1.15. The van der Waals surface area contributed by atoms with Crippen LogP contribution >= 0.6 is 0 Å². The number of H-pyrrole nitrogens is 1. The van der Waals surface area contributed by atoms with Crippen molar-refractivity contribution in [1.82, 2.24) is 20.3 Å². The van der Waals surface area contributed by atoms with Gasteiger partial charge in [-0.1, -0.05) is 0 Å². The van der Waals surface area contributed by atoms with Crippen LogP contribution in [0.1, 0.15) is 12.8 Å². The first-order valence-electron chi connectivity index (χ1n) is 6.52. The lowest BCUT2D eigenvalue weighted by molar-refractivity contribution is 0.477. The van der Waals surface area contributed by atoms with E-state index >= 15 is 0 Å². The summed E-state index contributed by atoms with van der Waals surface area (Å²) < 4.78 is 0. The summed E-state index contributed by atoms with van der Waals surface area (Å²) in [5, 5.41) is 4.64. The Hall–Kier alpha value is -1.62. The fraction of sp³-hybridized carbons (Fsp3) is 0.538. The van der Waals surface area contributed by atoms with Crippen molar-refractivity contribution in [2.45, 2.75) is 18.9 Å². The van der Waals surface area contributed by atoms with Crippen molar-refractivity contribution in [3.63, 3.8) is 0 Å². The first-order valence-corrected chi connectivity index (χ1v) is 6.52. The molecule has 0 bridgehead atoms. The number of hydrogen-bond acceptors (Lipinski definition) is 4. The monoisotopic (exact) mass is 243 g/mol. The Labute approximate surface area is 106 Å². The molecule has 3 heterocycles. The second-order valence-electron chi connectivity index (χ2n) is 5.56. The molecule has 5 heteroatoms. The third-order valence-electron chi connectivity index (χ3n) is 4.55. The van der Waals surface area contributed by atoms with Crippen LogP contribution in [0.3, 0.4) is 0 Å². The SMILES string of the molecule is CN(c1ncnc2[nH]ccc12)C1CNCC12CC2. The smallest absolute Gasteiger partial charge is 0.142 e. The summed E-state index contributed by atoms with van der Waals surface area (Å²) in [4.78, 5) is 14.2. The molecule has 0 aromatic carbocycles. The van der Waals surface area contributed by atoms with E-state index < -0.39 is 0 Å². The molecule has 0 radical (unpaired) electrons. The molecule has 2 aromatic rings. The Morgan fingerprint density at radius 2 is 2.28 bits per heavy atom. The van der Waals surface area contributed by atoms with Gasteiger partial charge >= 0.3 is 0 Å². The van der Waals surface area contributed by atoms with Crippen LogP contribution in [0, 0.1) is 5.41 Å². The van der Waals surface area contributed by atoms with Gasteiger partial charge in [-0.3, -0.25) is 0 Å². The van der Waals surface area contributed by atoms with Crippen molar-refractivity contribution < 1.29 is 0 Å². The summed E-state index contributed by atoms with van der Waals surface area (Å²) in [6.07, 6.45) is 6.26. The molecule has 1 saturated carbocycles. The number of anilines is 1. The number of fused-ring (bicyclic) bond motifs is 1. The Morgan fingerprint density at radius 1 is 1.39 bits per heavy atom. The summed E-state index contributed by atoms with van der Waals surface area (Å²) in [6.45, 7) is 2.22. The first kappa shape index (κ1) is 10.3. The number of hydrogen-bond donors (Lipinski definition) is 2. The molecule has 2 aromatic heterocycles. The number of nitrogens with one attached hydrogen (secondary N) is 2. The van der Waals surface area contributed by atoms with Crippen molar-refractivity contribution in [3.05, 3.63) is 18.6 Å². The standard InChI is InChI=1S/C13H17N5/c1-18(10-6-14-7-13(10)3-4-13)12-9-2-5-15-11(9)16-8-17-12/h2,5,8,10,14H,3-4,6-7H2,1H3,(H,15,16,17). The highest BCUT2D eigenvalue weighted by molar-refractivity contribution is 5.87. The highest BCUT2D eigenvalue weighted by atomic mass is 15.3. The topological polar surface area (TPSA) is 56.8 Å². The molecule has 2 N–H and O–H groups in total. The van der Waals surface area contributed by atoms with Crippen LogP contribution in [0.2, 0.25) is 0 Å². The van der Waals surface area contributed by atoms with Crippen LogP contribution in [-0.4, -0.2) is 41.1 Å². The lowest BCUT2D eigenvalue weighted by Gasteiger charge is -2.30. The Bertz CT molecular complexity index is 586. The molecule has 18 heavy (non-hydrogen) atoms. The van der Waals surface area contributed by atoms with Crippen LogP contribution < -0.4 is 10.2 Å². The van der Waals surface area contributed by atoms with Gasteiger partial charge in [0.1, 0.15) is 17.8 Å². The molecule has 1 unspecified atom stereocenters. The largest absolute Gasteiger partial charge is 0.354 e. The van der Waals surface area contributed by atoms with Crippen LogP contribution in [0.25, 0.3) is 11.0 Å². The minimum atomic E-state index is 0.502. The maximum atomic E-state index is 4.48. The van der Waals surface area contributed by atoms with E-state index in [0.29, 0.717) is 11.5 Å². The molecule has 1 saturated heterocycles. The number of nitrogens with zero attached hydrogens (tertiary/aromatic N) is 3. The van der Waals surface area contributed by atoms with Crippen LogP contribution in [-0.2, 0) is 0 Å². The minimum absolute atomic E-state index is 0.502. The molecule has 94 valence electrons. The molecule has 1 aliphatic carbocycles. The third-order valence-corrected chi connectivity index (χ3v) is 4.55. The van der Waals surface area contributed by atoms with Gasteiger partial charge in [-0.15, -0.1) is 0 Å². The van der Waals surface area contributed by atoms with Crippen molar-refractivity contribution >= 4 is 16.9 Å². The quantitative estimate of drug-likeness (QED) is 0.830. The van der Waals surface area contributed by atoms with Crippen molar-refractivity contribution in [1.29, 1.82) is 0 Å². The van der Waals surface area contributed by atoms with E-state index in [2.05, 4.69) is 38.3 Å². The average Bonchev–Trinajstić information content (AvgIpc) is 2.84.